The van der Waals surface area contributed by atoms with E-state index in [4.69, 9.17) is 6.42 Å². The van der Waals surface area contributed by atoms with Crippen LogP contribution in [0, 0.1) is 24.2 Å². The highest BCUT2D eigenvalue weighted by Gasteiger charge is 2.32. The zero-order valence-electron chi connectivity index (χ0n) is 8.71. The Balaban J connectivity index is 1.92. The van der Waals surface area contributed by atoms with Gasteiger partial charge in [0.15, 0.2) is 0 Å². The van der Waals surface area contributed by atoms with Crippen molar-refractivity contribution in [2.45, 2.75) is 13.3 Å². The highest BCUT2D eigenvalue weighted by Crippen LogP contribution is 2.37. The molecule has 1 fully saturated rings. The van der Waals surface area contributed by atoms with Crippen LogP contribution >= 0.6 is 0 Å². The molecule has 0 aromatic heterocycles. The first-order valence-corrected chi connectivity index (χ1v) is 5.06. The van der Waals surface area contributed by atoms with Gasteiger partial charge in [-0.05, 0) is 25.3 Å². The summed E-state index contributed by atoms with van der Waals surface area (Å²) in [6.07, 6.45) is 6.55. The molecule has 0 bridgehead atoms. The Hall–Kier alpha value is -0.520. The molecule has 1 aliphatic rings. The molecule has 74 valence electrons. The number of nitrogens with zero attached hydrogens (tertiary/aromatic N) is 1. The Kier molecular flexibility index (Phi) is 4.27. The first-order valence-electron chi connectivity index (χ1n) is 5.06. The van der Waals surface area contributed by atoms with Gasteiger partial charge in [-0.2, -0.15) is 0 Å². The Bertz CT molecular complexity index is 183. The lowest BCUT2D eigenvalue weighted by atomic mass is 10.3. The molecule has 1 aliphatic carbocycles. The molecule has 0 amide bonds. The topological polar surface area (TPSA) is 15.3 Å². The van der Waals surface area contributed by atoms with Crippen LogP contribution in [0.15, 0.2) is 0 Å². The SMILES string of the molecule is C#CCNCCN(C)CC1CC1C. The molecule has 0 radical (unpaired) electrons. The second kappa shape index (κ2) is 5.26. The molecule has 2 heteroatoms. The van der Waals surface area contributed by atoms with E-state index in [0.717, 1.165) is 24.9 Å². The van der Waals surface area contributed by atoms with E-state index in [1.165, 1.54) is 13.0 Å². The van der Waals surface area contributed by atoms with Gasteiger partial charge in [-0.1, -0.05) is 12.8 Å². The third-order valence-corrected chi connectivity index (χ3v) is 2.72. The lowest BCUT2D eigenvalue weighted by Crippen LogP contribution is -2.30. The maximum atomic E-state index is 5.13. The molecule has 2 nitrogen and oxygen atoms in total. The van der Waals surface area contributed by atoms with Gasteiger partial charge in [-0.3, -0.25) is 0 Å². The average molecular weight is 180 g/mol. The van der Waals surface area contributed by atoms with Gasteiger partial charge in [0.1, 0.15) is 0 Å². The molecule has 1 rings (SSSR count). The van der Waals surface area contributed by atoms with Gasteiger partial charge in [-0.15, -0.1) is 6.42 Å². The molecule has 0 aliphatic heterocycles. The largest absolute Gasteiger partial charge is 0.305 e. The summed E-state index contributed by atoms with van der Waals surface area (Å²) in [7, 11) is 2.18. The molecule has 2 atom stereocenters. The van der Waals surface area contributed by atoms with Gasteiger partial charge in [0.25, 0.3) is 0 Å². The van der Waals surface area contributed by atoms with Gasteiger partial charge in [-0.25, -0.2) is 0 Å². The first-order chi connectivity index (χ1) is 6.24. The third kappa shape index (κ3) is 4.31. The maximum Gasteiger partial charge on any atom is 0.0574 e. The Labute approximate surface area is 81.7 Å². The number of nitrogens with one attached hydrogen (secondary N) is 1. The summed E-state index contributed by atoms with van der Waals surface area (Å²) >= 11 is 0. The van der Waals surface area contributed by atoms with Gasteiger partial charge in [0, 0.05) is 19.6 Å². The molecule has 13 heavy (non-hydrogen) atoms. The fourth-order valence-corrected chi connectivity index (χ4v) is 1.58. The van der Waals surface area contributed by atoms with E-state index < -0.39 is 0 Å². The van der Waals surface area contributed by atoms with E-state index in [9.17, 15) is 0 Å². The Morgan fingerprint density at radius 3 is 2.85 bits per heavy atom. The smallest absolute Gasteiger partial charge is 0.0574 e. The van der Waals surface area contributed by atoms with Crippen molar-refractivity contribution >= 4 is 0 Å². The molecule has 0 aromatic rings. The summed E-state index contributed by atoms with van der Waals surface area (Å²) in [6, 6.07) is 0. The number of terminal acetylenes is 1. The van der Waals surface area contributed by atoms with Gasteiger partial charge < -0.3 is 10.2 Å². The number of likely N-dealkylation sites (N-methyl/N-ethyl adjacent to an activating group) is 1. The van der Waals surface area contributed by atoms with Crippen LogP contribution in [0.5, 0.6) is 0 Å². The highest BCUT2D eigenvalue weighted by molar-refractivity contribution is 4.87. The van der Waals surface area contributed by atoms with Crippen LogP contribution in [0.25, 0.3) is 0 Å². The summed E-state index contributed by atoms with van der Waals surface area (Å²) < 4.78 is 0. The van der Waals surface area contributed by atoms with Crippen molar-refractivity contribution in [2.24, 2.45) is 11.8 Å². The van der Waals surface area contributed by atoms with Gasteiger partial charge in [0.05, 0.1) is 6.54 Å². The molecule has 1 saturated carbocycles. The van der Waals surface area contributed by atoms with Crippen LogP contribution in [-0.2, 0) is 0 Å². The molecule has 0 heterocycles. The quantitative estimate of drug-likeness (QED) is 0.480. The fourth-order valence-electron chi connectivity index (χ4n) is 1.58. The molecule has 0 spiro atoms. The van der Waals surface area contributed by atoms with E-state index in [1.54, 1.807) is 0 Å². The molecule has 2 unspecified atom stereocenters. The average Bonchev–Trinajstić information content (AvgIpc) is 2.76. The second-order valence-electron chi connectivity index (χ2n) is 4.12. The standard InChI is InChI=1S/C11H20N2/c1-4-5-12-6-7-13(3)9-11-8-10(11)2/h1,10-12H,5-9H2,2-3H3. The van der Waals surface area contributed by atoms with Crippen LogP contribution in [0.1, 0.15) is 13.3 Å². The van der Waals surface area contributed by atoms with Crippen LogP contribution < -0.4 is 5.32 Å². The summed E-state index contributed by atoms with van der Waals surface area (Å²) in [4.78, 5) is 2.39. The lowest BCUT2D eigenvalue weighted by Gasteiger charge is -2.16. The van der Waals surface area contributed by atoms with Gasteiger partial charge in [0.2, 0.25) is 0 Å². The van der Waals surface area contributed by atoms with Crippen molar-refractivity contribution < 1.29 is 0 Å². The van der Waals surface area contributed by atoms with Crippen LogP contribution in [0.3, 0.4) is 0 Å². The molecular formula is C11H20N2. The minimum absolute atomic E-state index is 0.688. The number of hydrogen-bond donors (Lipinski definition) is 1. The van der Waals surface area contributed by atoms with Crippen LogP contribution in [0.2, 0.25) is 0 Å². The molecule has 0 aromatic carbocycles. The minimum atomic E-state index is 0.688. The van der Waals surface area contributed by atoms with Crippen molar-refractivity contribution in [3.8, 4) is 12.3 Å². The van der Waals surface area contributed by atoms with Crippen molar-refractivity contribution in [1.29, 1.82) is 0 Å². The summed E-state index contributed by atoms with van der Waals surface area (Å²) in [5, 5.41) is 3.19. The maximum absolute atomic E-state index is 5.13. The predicted octanol–water partition coefficient (Wildman–Crippen LogP) is 0.797. The minimum Gasteiger partial charge on any atom is -0.305 e. The summed E-state index contributed by atoms with van der Waals surface area (Å²) in [5.74, 6) is 4.49. The van der Waals surface area contributed by atoms with Crippen LogP contribution in [0.4, 0.5) is 0 Å². The van der Waals surface area contributed by atoms with E-state index in [1.807, 2.05) is 0 Å². The third-order valence-electron chi connectivity index (χ3n) is 2.72. The molecule has 0 saturated heterocycles. The van der Waals surface area contributed by atoms with E-state index in [-0.39, 0.29) is 0 Å². The van der Waals surface area contributed by atoms with Gasteiger partial charge >= 0.3 is 0 Å². The normalized spacial score (nSPS) is 26.0. The monoisotopic (exact) mass is 180 g/mol. The van der Waals surface area contributed by atoms with Crippen molar-refractivity contribution in [3.05, 3.63) is 0 Å². The zero-order valence-corrected chi connectivity index (χ0v) is 8.71. The van der Waals surface area contributed by atoms with Crippen LogP contribution in [-0.4, -0.2) is 38.1 Å². The number of hydrogen-bond acceptors (Lipinski definition) is 2. The van der Waals surface area contributed by atoms with E-state index >= 15 is 0 Å². The summed E-state index contributed by atoms with van der Waals surface area (Å²) in [5.41, 5.74) is 0. The second-order valence-corrected chi connectivity index (χ2v) is 4.12. The number of rotatable bonds is 6. The Morgan fingerprint density at radius 2 is 2.31 bits per heavy atom. The molecule has 1 N–H and O–H groups in total. The van der Waals surface area contributed by atoms with E-state index in [2.05, 4.69) is 30.1 Å². The van der Waals surface area contributed by atoms with Crippen molar-refractivity contribution in [1.82, 2.24) is 10.2 Å². The zero-order chi connectivity index (χ0) is 9.68. The van der Waals surface area contributed by atoms with Crippen molar-refractivity contribution in [2.75, 3.05) is 33.2 Å². The van der Waals surface area contributed by atoms with E-state index in [0.29, 0.717) is 6.54 Å². The lowest BCUT2D eigenvalue weighted by molar-refractivity contribution is 0.315. The highest BCUT2D eigenvalue weighted by atomic mass is 15.1. The fraction of sp³-hybridized carbons (Fsp3) is 0.818. The Morgan fingerprint density at radius 1 is 1.62 bits per heavy atom. The molecular weight excluding hydrogens is 160 g/mol. The first kappa shape index (κ1) is 10.6. The summed E-state index contributed by atoms with van der Waals surface area (Å²) in [6.45, 7) is 6.37. The van der Waals surface area contributed by atoms with Crippen molar-refractivity contribution in [3.63, 3.8) is 0 Å². The predicted molar refractivity (Wildman–Crippen MR) is 56.5 cm³/mol.